The third-order valence-electron chi connectivity index (χ3n) is 3.48. The minimum Gasteiger partial charge on any atom is -0.370 e. The van der Waals surface area contributed by atoms with E-state index in [-0.39, 0.29) is 6.10 Å². The summed E-state index contributed by atoms with van der Waals surface area (Å²) in [6, 6.07) is 0.729. The third kappa shape index (κ3) is 2.64. The molecular weight excluding hydrogens is 214 g/mol. The lowest BCUT2D eigenvalue weighted by molar-refractivity contribution is 0.105. The molecule has 1 aliphatic heterocycles. The molecule has 1 saturated heterocycles. The highest BCUT2D eigenvalue weighted by molar-refractivity contribution is 5.17. The van der Waals surface area contributed by atoms with E-state index in [1.165, 1.54) is 18.4 Å². The van der Waals surface area contributed by atoms with Gasteiger partial charge in [0.1, 0.15) is 6.10 Å². The maximum absolute atomic E-state index is 5.60. The number of ether oxygens (including phenoxy) is 1. The maximum atomic E-state index is 5.60. The zero-order valence-electron chi connectivity index (χ0n) is 10.3. The van der Waals surface area contributed by atoms with Gasteiger partial charge in [-0.05, 0) is 32.6 Å². The van der Waals surface area contributed by atoms with Crippen molar-refractivity contribution in [3.63, 3.8) is 0 Å². The summed E-state index contributed by atoms with van der Waals surface area (Å²) in [5, 5.41) is 3.49. The van der Waals surface area contributed by atoms with Crippen LogP contribution in [-0.4, -0.2) is 22.6 Å². The molecule has 0 bridgehead atoms. The van der Waals surface area contributed by atoms with Gasteiger partial charge in [-0.15, -0.1) is 0 Å². The summed E-state index contributed by atoms with van der Waals surface area (Å²) in [5.41, 5.74) is 2.29. The van der Waals surface area contributed by atoms with Crippen molar-refractivity contribution in [2.75, 3.05) is 6.61 Å². The predicted molar refractivity (Wildman–Crippen MR) is 64.6 cm³/mol. The quantitative estimate of drug-likeness (QED) is 0.862. The zero-order chi connectivity index (χ0) is 11.7. The molecule has 1 atom stereocenters. The Hall–Kier alpha value is -1.00. The van der Waals surface area contributed by atoms with Crippen LogP contribution in [0.25, 0.3) is 0 Å². The largest absolute Gasteiger partial charge is 0.370 e. The molecule has 2 fully saturated rings. The van der Waals surface area contributed by atoms with Gasteiger partial charge in [-0.25, -0.2) is 9.97 Å². The van der Waals surface area contributed by atoms with Gasteiger partial charge in [0.15, 0.2) is 5.82 Å². The maximum Gasteiger partial charge on any atom is 0.157 e. The molecule has 3 rings (SSSR count). The fourth-order valence-corrected chi connectivity index (χ4v) is 2.16. The smallest absolute Gasteiger partial charge is 0.157 e. The monoisotopic (exact) mass is 233 g/mol. The van der Waals surface area contributed by atoms with Gasteiger partial charge in [0.2, 0.25) is 0 Å². The van der Waals surface area contributed by atoms with E-state index in [1.54, 1.807) is 0 Å². The summed E-state index contributed by atoms with van der Waals surface area (Å²) in [7, 11) is 0. The van der Waals surface area contributed by atoms with Crippen molar-refractivity contribution < 1.29 is 4.74 Å². The van der Waals surface area contributed by atoms with Crippen LogP contribution in [0.1, 0.15) is 48.9 Å². The van der Waals surface area contributed by atoms with Gasteiger partial charge in [-0.1, -0.05) is 0 Å². The van der Waals surface area contributed by atoms with Gasteiger partial charge in [-0.3, -0.25) is 0 Å². The highest BCUT2D eigenvalue weighted by Gasteiger charge is 2.22. The third-order valence-corrected chi connectivity index (χ3v) is 3.48. The highest BCUT2D eigenvalue weighted by atomic mass is 16.5. The summed E-state index contributed by atoms with van der Waals surface area (Å²) < 4.78 is 5.60. The molecule has 1 aromatic rings. The fraction of sp³-hybridized carbons (Fsp3) is 0.692. The Labute approximate surface area is 102 Å². The van der Waals surface area contributed by atoms with Gasteiger partial charge in [0.25, 0.3) is 0 Å². The Morgan fingerprint density at radius 1 is 1.41 bits per heavy atom. The average Bonchev–Trinajstić information content (AvgIpc) is 3.00. The molecule has 0 radical (unpaired) electrons. The van der Waals surface area contributed by atoms with Crippen molar-refractivity contribution in [3.8, 4) is 0 Å². The standard InChI is InChI=1S/C13H19N3O/c1-9-10(7-14-11-4-5-11)8-15-13(16-9)12-3-2-6-17-12/h8,11-12,14H,2-7H2,1H3. The molecule has 4 nitrogen and oxygen atoms in total. The van der Waals surface area contributed by atoms with Crippen LogP contribution in [0.2, 0.25) is 0 Å². The topological polar surface area (TPSA) is 47.0 Å². The van der Waals surface area contributed by atoms with Crippen LogP contribution in [0.3, 0.4) is 0 Å². The second kappa shape index (κ2) is 4.70. The van der Waals surface area contributed by atoms with Crippen molar-refractivity contribution in [1.82, 2.24) is 15.3 Å². The number of nitrogens with one attached hydrogen (secondary N) is 1. The lowest BCUT2D eigenvalue weighted by atomic mass is 10.2. The Kier molecular flexibility index (Phi) is 3.07. The Balaban J connectivity index is 1.68. The molecule has 1 aromatic heterocycles. The average molecular weight is 233 g/mol. The number of aryl methyl sites for hydroxylation is 1. The molecule has 1 unspecified atom stereocenters. The van der Waals surface area contributed by atoms with Gasteiger partial charge >= 0.3 is 0 Å². The first-order valence-electron chi connectivity index (χ1n) is 6.50. The summed E-state index contributed by atoms with van der Waals surface area (Å²) in [6.45, 7) is 3.80. The first-order valence-corrected chi connectivity index (χ1v) is 6.50. The van der Waals surface area contributed by atoms with Crippen LogP contribution in [0.15, 0.2) is 6.20 Å². The van der Waals surface area contributed by atoms with Crippen LogP contribution < -0.4 is 5.32 Å². The number of hydrogen-bond acceptors (Lipinski definition) is 4. The van der Waals surface area contributed by atoms with Crippen molar-refractivity contribution in [2.24, 2.45) is 0 Å². The lowest BCUT2D eigenvalue weighted by Crippen LogP contribution is -2.17. The van der Waals surface area contributed by atoms with Gasteiger partial charge < -0.3 is 10.1 Å². The van der Waals surface area contributed by atoms with Crippen molar-refractivity contribution >= 4 is 0 Å². The summed E-state index contributed by atoms with van der Waals surface area (Å²) >= 11 is 0. The van der Waals surface area contributed by atoms with Crippen LogP contribution in [-0.2, 0) is 11.3 Å². The normalized spacial score (nSPS) is 24.2. The van der Waals surface area contributed by atoms with Crippen molar-refractivity contribution in [3.05, 3.63) is 23.3 Å². The van der Waals surface area contributed by atoms with Crippen LogP contribution in [0.5, 0.6) is 0 Å². The Morgan fingerprint density at radius 3 is 2.94 bits per heavy atom. The molecule has 4 heteroatoms. The molecule has 1 saturated carbocycles. The number of nitrogens with zero attached hydrogens (tertiary/aromatic N) is 2. The molecule has 1 aliphatic carbocycles. The molecule has 2 heterocycles. The summed E-state index contributed by atoms with van der Waals surface area (Å²) in [4.78, 5) is 9.02. The molecule has 1 N–H and O–H groups in total. The molecule has 2 aliphatic rings. The van der Waals surface area contributed by atoms with E-state index in [1.807, 2.05) is 6.20 Å². The lowest BCUT2D eigenvalue weighted by Gasteiger charge is -2.11. The second-order valence-corrected chi connectivity index (χ2v) is 5.00. The van der Waals surface area contributed by atoms with Crippen LogP contribution in [0.4, 0.5) is 0 Å². The molecule has 0 amide bonds. The predicted octanol–water partition coefficient (Wildman–Crippen LogP) is 1.89. The van der Waals surface area contributed by atoms with Crippen molar-refractivity contribution in [2.45, 2.75) is 51.3 Å². The van der Waals surface area contributed by atoms with E-state index >= 15 is 0 Å². The van der Waals surface area contributed by atoms with E-state index in [0.29, 0.717) is 0 Å². The van der Waals surface area contributed by atoms with E-state index in [0.717, 1.165) is 43.6 Å². The summed E-state index contributed by atoms with van der Waals surface area (Å²) in [5.74, 6) is 0.857. The molecule has 92 valence electrons. The van der Waals surface area contributed by atoms with E-state index in [2.05, 4.69) is 22.2 Å². The van der Waals surface area contributed by atoms with E-state index < -0.39 is 0 Å². The minimum absolute atomic E-state index is 0.124. The number of aromatic nitrogens is 2. The van der Waals surface area contributed by atoms with E-state index in [4.69, 9.17) is 4.74 Å². The highest BCUT2D eigenvalue weighted by Crippen LogP contribution is 2.26. The Morgan fingerprint density at radius 2 is 2.29 bits per heavy atom. The number of rotatable bonds is 4. The van der Waals surface area contributed by atoms with Gasteiger partial charge in [0, 0.05) is 36.6 Å². The molecule has 17 heavy (non-hydrogen) atoms. The van der Waals surface area contributed by atoms with Crippen LogP contribution >= 0.6 is 0 Å². The zero-order valence-corrected chi connectivity index (χ0v) is 10.3. The molecule has 0 spiro atoms. The Bertz CT molecular complexity index is 398. The van der Waals surface area contributed by atoms with Gasteiger partial charge in [0.05, 0.1) is 0 Å². The SMILES string of the molecule is Cc1nc(C2CCCO2)ncc1CNC1CC1. The summed E-state index contributed by atoms with van der Waals surface area (Å²) in [6.07, 6.45) is 6.88. The van der Waals surface area contributed by atoms with Crippen molar-refractivity contribution in [1.29, 1.82) is 0 Å². The first kappa shape index (κ1) is 11.1. The first-order chi connectivity index (χ1) is 8.33. The van der Waals surface area contributed by atoms with E-state index in [9.17, 15) is 0 Å². The fourth-order valence-electron chi connectivity index (χ4n) is 2.16. The number of hydrogen-bond donors (Lipinski definition) is 1. The van der Waals surface area contributed by atoms with Gasteiger partial charge in [-0.2, -0.15) is 0 Å². The molecule has 0 aromatic carbocycles. The molecular formula is C13H19N3O. The van der Waals surface area contributed by atoms with Crippen LogP contribution in [0, 0.1) is 6.92 Å². The minimum atomic E-state index is 0.124. The second-order valence-electron chi connectivity index (χ2n) is 5.00.